The number of carboxylic acid groups (broad SMARTS) is 1. The fourth-order valence-electron chi connectivity index (χ4n) is 1.61. The standard InChI is InChI=1S/C8H11F2NO3/c9-8(10)3-1-7(2-4-8,5(11)12)6(13)14/h1-4H2,(H2,11,12)(H,13,14). The number of hydrogen-bond donors (Lipinski definition) is 2. The molecule has 0 aromatic rings. The van der Waals surface area contributed by atoms with Gasteiger partial charge in [0.05, 0.1) is 0 Å². The molecular formula is C8H11F2NO3. The van der Waals surface area contributed by atoms with Crippen molar-refractivity contribution in [2.75, 3.05) is 0 Å². The summed E-state index contributed by atoms with van der Waals surface area (Å²) in [5.74, 6) is -5.30. The van der Waals surface area contributed by atoms with Crippen LogP contribution in [0.15, 0.2) is 0 Å². The summed E-state index contributed by atoms with van der Waals surface area (Å²) in [5, 5.41) is 8.78. The molecule has 14 heavy (non-hydrogen) atoms. The Kier molecular flexibility index (Phi) is 2.47. The van der Waals surface area contributed by atoms with Gasteiger partial charge in [0.15, 0.2) is 0 Å². The number of halogens is 2. The summed E-state index contributed by atoms with van der Waals surface area (Å²) in [5.41, 5.74) is 3.14. The molecule has 1 fully saturated rings. The van der Waals surface area contributed by atoms with Crippen LogP contribution in [0.1, 0.15) is 25.7 Å². The van der Waals surface area contributed by atoms with Gasteiger partial charge < -0.3 is 10.8 Å². The van der Waals surface area contributed by atoms with E-state index in [4.69, 9.17) is 10.8 Å². The molecule has 0 aliphatic heterocycles. The van der Waals surface area contributed by atoms with Crippen molar-refractivity contribution in [1.29, 1.82) is 0 Å². The van der Waals surface area contributed by atoms with Crippen LogP contribution >= 0.6 is 0 Å². The molecule has 0 heterocycles. The Balaban J connectivity index is 2.85. The van der Waals surface area contributed by atoms with Crippen LogP contribution in [0.4, 0.5) is 8.78 Å². The van der Waals surface area contributed by atoms with Gasteiger partial charge >= 0.3 is 5.97 Å². The SMILES string of the molecule is NC(=O)C1(C(=O)O)CCC(F)(F)CC1. The predicted octanol–water partition coefficient (Wildman–Crippen LogP) is 0.752. The number of primary amides is 1. The molecule has 6 heteroatoms. The first-order chi connectivity index (χ1) is 6.30. The summed E-state index contributed by atoms with van der Waals surface area (Å²) in [6, 6.07) is 0. The van der Waals surface area contributed by atoms with E-state index in [1.54, 1.807) is 0 Å². The van der Waals surface area contributed by atoms with Crippen molar-refractivity contribution in [2.45, 2.75) is 31.6 Å². The van der Waals surface area contributed by atoms with Crippen LogP contribution in [0.3, 0.4) is 0 Å². The second kappa shape index (κ2) is 3.18. The van der Waals surface area contributed by atoms with Gasteiger partial charge in [0.25, 0.3) is 0 Å². The van der Waals surface area contributed by atoms with E-state index in [2.05, 4.69) is 0 Å². The number of amides is 1. The van der Waals surface area contributed by atoms with E-state index < -0.39 is 36.1 Å². The molecular weight excluding hydrogens is 196 g/mol. The molecule has 0 aromatic heterocycles. The summed E-state index contributed by atoms with van der Waals surface area (Å²) < 4.78 is 25.5. The van der Waals surface area contributed by atoms with Gasteiger partial charge in [-0.1, -0.05) is 0 Å². The minimum atomic E-state index is -2.87. The predicted molar refractivity (Wildman–Crippen MR) is 42.7 cm³/mol. The Hall–Kier alpha value is -1.20. The normalized spacial score (nSPS) is 24.1. The Morgan fingerprint density at radius 1 is 1.14 bits per heavy atom. The number of aliphatic carboxylic acids is 1. The molecule has 1 aliphatic rings. The molecule has 0 saturated heterocycles. The van der Waals surface area contributed by atoms with Crippen molar-refractivity contribution in [1.82, 2.24) is 0 Å². The Morgan fingerprint density at radius 3 is 1.86 bits per heavy atom. The molecule has 0 radical (unpaired) electrons. The summed E-state index contributed by atoms with van der Waals surface area (Å²) in [6.07, 6.45) is -1.96. The van der Waals surface area contributed by atoms with E-state index in [1.807, 2.05) is 0 Å². The average molecular weight is 207 g/mol. The number of rotatable bonds is 2. The zero-order chi connectivity index (χ0) is 11.0. The summed E-state index contributed by atoms with van der Waals surface area (Å²) in [6.45, 7) is 0. The highest BCUT2D eigenvalue weighted by Crippen LogP contribution is 2.43. The Morgan fingerprint density at radius 2 is 1.57 bits per heavy atom. The van der Waals surface area contributed by atoms with Crippen LogP contribution in [0.5, 0.6) is 0 Å². The van der Waals surface area contributed by atoms with Gasteiger partial charge in [0.2, 0.25) is 11.8 Å². The number of carboxylic acids is 1. The second-order valence-electron chi connectivity index (χ2n) is 3.61. The fourth-order valence-corrected chi connectivity index (χ4v) is 1.61. The molecule has 0 unspecified atom stereocenters. The van der Waals surface area contributed by atoms with E-state index in [0.717, 1.165) is 0 Å². The van der Waals surface area contributed by atoms with E-state index in [0.29, 0.717) is 0 Å². The maximum absolute atomic E-state index is 12.7. The summed E-state index contributed by atoms with van der Waals surface area (Å²) in [7, 11) is 0. The number of alkyl halides is 2. The number of carbonyl (C=O) groups excluding carboxylic acids is 1. The van der Waals surface area contributed by atoms with Crippen molar-refractivity contribution in [2.24, 2.45) is 11.1 Å². The minimum absolute atomic E-state index is 0.384. The first-order valence-electron chi connectivity index (χ1n) is 4.21. The fraction of sp³-hybridized carbons (Fsp3) is 0.750. The smallest absolute Gasteiger partial charge is 0.319 e. The van der Waals surface area contributed by atoms with Gasteiger partial charge in [-0.2, -0.15) is 0 Å². The lowest BCUT2D eigenvalue weighted by atomic mass is 9.72. The quantitative estimate of drug-likeness (QED) is 0.655. The van der Waals surface area contributed by atoms with Crippen LogP contribution in [-0.2, 0) is 9.59 Å². The minimum Gasteiger partial charge on any atom is -0.480 e. The van der Waals surface area contributed by atoms with Crippen LogP contribution < -0.4 is 5.73 Å². The van der Waals surface area contributed by atoms with Gasteiger partial charge in [-0.3, -0.25) is 9.59 Å². The molecule has 1 aliphatic carbocycles. The van der Waals surface area contributed by atoms with Crippen LogP contribution in [0, 0.1) is 5.41 Å². The van der Waals surface area contributed by atoms with E-state index >= 15 is 0 Å². The lowest BCUT2D eigenvalue weighted by Crippen LogP contribution is -2.48. The van der Waals surface area contributed by atoms with Gasteiger partial charge in [-0.25, -0.2) is 8.78 Å². The van der Waals surface area contributed by atoms with Crippen LogP contribution in [0.2, 0.25) is 0 Å². The largest absolute Gasteiger partial charge is 0.480 e. The van der Waals surface area contributed by atoms with Gasteiger partial charge in [-0.05, 0) is 12.8 Å². The third-order valence-electron chi connectivity index (χ3n) is 2.72. The molecule has 80 valence electrons. The van der Waals surface area contributed by atoms with E-state index in [-0.39, 0.29) is 12.8 Å². The summed E-state index contributed by atoms with van der Waals surface area (Å²) >= 11 is 0. The monoisotopic (exact) mass is 207 g/mol. The molecule has 1 saturated carbocycles. The Labute approximate surface area is 79.1 Å². The third-order valence-corrected chi connectivity index (χ3v) is 2.72. The first kappa shape index (κ1) is 10.9. The van der Waals surface area contributed by atoms with Crippen molar-refractivity contribution < 1.29 is 23.5 Å². The highest BCUT2D eigenvalue weighted by molar-refractivity contribution is 6.01. The Bertz CT molecular complexity index is 252. The van der Waals surface area contributed by atoms with Crippen molar-refractivity contribution in [3.63, 3.8) is 0 Å². The number of nitrogens with two attached hydrogens (primary N) is 1. The van der Waals surface area contributed by atoms with E-state index in [1.165, 1.54) is 0 Å². The molecule has 0 aromatic carbocycles. The molecule has 0 bridgehead atoms. The zero-order valence-electron chi connectivity index (χ0n) is 7.43. The number of hydrogen-bond acceptors (Lipinski definition) is 2. The molecule has 3 N–H and O–H groups in total. The topological polar surface area (TPSA) is 80.4 Å². The molecule has 1 amide bonds. The number of carbonyl (C=O) groups is 2. The molecule has 4 nitrogen and oxygen atoms in total. The molecule has 0 spiro atoms. The van der Waals surface area contributed by atoms with Crippen molar-refractivity contribution in [3.05, 3.63) is 0 Å². The highest BCUT2D eigenvalue weighted by atomic mass is 19.3. The lowest BCUT2D eigenvalue weighted by Gasteiger charge is -2.33. The van der Waals surface area contributed by atoms with Gasteiger partial charge in [0, 0.05) is 12.8 Å². The lowest BCUT2D eigenvalue weighted by molar-refractivity contribution is -0.162. The summed E-state index contributed by atoms with van der Waals surface area (Å²) in [4.78, 5) is 21.7. The van der Waals surface area contributed by atoms with Crippen LogP contribution in [0.25, 0.3) is 0 Å². The zero-order valence-corrected chi connectivity index (χ0v) is 7.43. The average Bonchev–Trinajstić information content (AvgIpc) is 2.03. The van der Waals surface area contributed by atoms with Gasteiger partial charge in [-0.15, -0.1) is 0 Å². The highest BCUT2D eigenvalue weighted by Gasteiger charge is 2.51. The second-order valence-corrected chi connectivity index (χ2v) is 3.61. The van der Waals surface area contributed by atoms with E-state index in [9.17, 15) is 18.4 Å². The van der Waals surface area contributed by atoms with Crippen molar-refractivity contribution >= 4 is 11.9 Å². The van der Waals surface area contributed by atoms with Gasteiger partial charge in [0.1, 0.15) is 5.41 Å². The van der Waals surface area contributed by atoms with Crippen LogP contribution in [-0.4, -0.2) is 22.9 Å². The maximum Gasteiger partial charge on any atom is 0.319 e. The third kappa shape index (κ3) is 1.69. The molecule has 1 rings (SSSR count). The first-order valence-corrected chi connectivity index (χ1v) is 4.21. The van der Waals surface area contributed by atoms with Crippen molar-refractivity contribution in [3.8, 4) is 0 Å². The maximum atomic E-state index is 12.7. The molecule has 0 atom stereocenters.